The molecule has 5 N–H and O–H groups in total. The van der Waals surface area contributed by atoms with Gasteiger partial charge in [0.2, 0.25) is 23.6 Å². The van der Waals surface area contributed by atoms with Gasteiger partial charge < -0.3 is 36.1 Å². The molecule has 60 heavy (non-hydrogen) atoms. The third kappa shape index (κ3) is 9.72. The van der Waals surface area contributed by atoms with Gasteiger partial charge in [0.05, 0.1) is 16.1 Å². The van der Waals surface area contributed by atoms with E-state index in [9.17, 15) is 19.6 Å². The molecule has 0 saturated carbocycles. The molecule has 2 aromatic carbocycles. The van der Waals surface area contributed by atoms with Crippen molar-refractivity contribution < 1.29 is 23.9 Å². The molecule has 3 atom stereocenters. The molecule has 14 nitrogen and oxygen atoms in total. The van der Waals surface area contributed by atoms with E-state index in [0.29, 0.717) is 79.2 Å². The van der Waals surface area contributed by atoms with Gasteiger partial charge in [0.15, 0.2) is 0 Å². The number of hydrogen-bond acceptors (Lipinski definition) is 11. The molecule has 0 spiro atoms. The summed E-state index contributed by atoms with van der Waals surface area (Å²) in [6, 6.07) is 22.9. The largest absolute Gasteiger partial charge is 0.472 e. The monoisotopic (exact) mass is 825 g/mol. The van der Waals surface area contributed by atoms with Crippen LogP contribution in [0.15, 0.2) is 85.3 Å². The number of ether oxygens (including phenoxy) is 2. The Labute approximate surface area is 352 Å². The number of nitriles is 1. The van der Waals surface area contributed by atoms with E-state index < -0.39 is 0 Å². The number of carbonyl (C=O) groups is 3. The first-order chi connectivity index (χ1) is 29.3. The Balaban J connectivity index is 0.940. The second-order valence-electron chi connectivity index (χ2n) is 15.2. The summed E-state index contributed by atoms with van der Waals surface area (Å²) in [5, 5.41) is 25.2. The predicted octanol–water partition coefficient (Wildman–Crippen LogP) is 5.70. The quantitative estimate of drug-likeness (QED) is 0.0821. The Morgan fingerprint density at radius 3 is 2.35 bits per heavy atom. The molecule has 3 aliphatic rings. The fourth-order valence-corrected chi connectivity index (χ4v) is 8.14. The smallest absolute Gasteiger partial charge is 0.258 e. The molecule has 306 valence electrons. The lowest BCUT2D eigenvalue weighted by molar-refractivity contribution is -0.120. The molecule has 0 radical (unpaired) electrons. The highest BCUT2D eigenvalue weighted by atomic mass is 35.5. The third-order valence-electron chi connectivity index (χ3n) is 10.9. The van der Waals surface area contributed by atoms with Gasteiger partial charge in [0.1, 0.15) is 24.6 Å². The van der Waals surface area contributed by atoms with E-state index in [1.54, 1.807) is 30.6 Å². The second kappa shape index (κ2) is 18.7. The number of carbonyl (C=O) groups excluding carboxylic acids is 3. The fraction of sp³-hybridized carbons (Fsp3) is 0.311. The summed E-state index contributed by atoms with van der Waals surface area (Å²) in [5.74, 6) is 0.988. The van der Waals surface area contributed by atoms with Crippen LogP contribution in [0.5, 0.6) is 11.8 Å². The van der Waals surface area contributed by atoms with E-state index in [1.165, 1.54) is 6.20 Å². The van der Waals surface area contributed by atoms with Crippen LogP contribution in [0.2, 0.25) is 5.02 Å². The summed E-state index contributed by atoms with van der Waals surface area (Å²) in [6.45, 7) is 2.51. The number of anilines is 1. The van der Waals surface area contributed by atoms with Crippen LogP contribution in [0.4, 0.5) is 5.82 Å². The number of benzene rings is 2. The number of fused-ring (bicyclic) bond motifs is 1. The Morgan fingerprint density at radius 1 is 0.850 bits per heavy atom. The minimum absolute atomic E-state index is 0.0667. The molecule has 3 aromatic heterocycles. The number of halogens is 1. The zero-order chi connectivity index (χ0) is 41.4. The summed E-state index contributed by atoms with van der Waals surface area (Å²) < 4.78 is 12.8. The maximum atomic E-state index is 13.5. The molecule has 0 bridgehead atoms. The van der Waals surface area contributed by atoms with Crippen LogP contribution in [0.25, 0.3) is 11.1 Å². The number of rotatable bonds is 16. The minimum atomic E-state index is -0.368. The van der Waals surface area contributed by atoms with Crippen LogP contribution < -0.4 is 36.1 Å². The number of pyridine rings is 3. The number of nitrogens with one attached hydrogen (secondary N) is 5. The van der Waals surface area contributed by atoms with Crippen molar-refractivity contribution in [2.75, 3.05) is 18.4 Å². The molecule has 3 amide bonds. The first kappa shape index (κ1) is 40.4. The Kier molecular flexibility index (Phi) is 12.6. The molecule has 8 rings (SSSR count). The maximum absolute atomic E-state index is 13.5. The molecular weight excluding hydrogens is 782 g/mol. The van der Waals surface area contributed by atoms with E-state index in [2.05, 4.69) is 42.6 Å². The highest BCUT2D eigenvalue weighted by molar-refractivity contribution is 6.37. The van der Waals surface area contributed by atoms with Gasteiger partial charge in [-0.3, -0.25) is 19.4 Å². The predicted molar refractivity (Wildman–Crippen MR) is 224 cm³/mol. The first-order valence-corrected chi connectivity index (χ1v) is 20.5. The Morgan fingerprint density at radius 2 is 1.62 bits per heavy atom. The summed E-state index contributed by atoms with van der Waals surface area (Å²) in [5.41, 5.74) is 7.04. The van der Waals surface area contributed by atoms with Gasteiger partial charge in [0, 0.05) is 92.5 Å². The minimum Gasteiger partial charge on any atom is -0.472 e. The van der Waals surface area contributed by atoms with Crippen molar-refractivity contribution in [3.63, 3.8) is 0 Å². The van der Waals surface area contributed by atoms with Crippen molar-refractivity contribution in [1.82, 2.24) is 36.2 Å². The van der Waals surface area contributed by atoms with Crippen LogP contribution in [-0.4, -0.2) is 57.8 Å². The molecule has 2 saturated heterocycles. The van der Waals surface area contributed by atoms with Crippen molar-refractivity contribution in [2.24, 2.45) is 0 Å². The molecule has 5 aromatic rings. The van der Waals surface area contributed by atoms with Crippen LogP contribution in [0.1, 0.15) is 81.9 Å². The van der Waals surface area contributed by atoms with E-state index in [0.717, 1.165) is 58.2 Å². The zero-order valence-corrected chi connectivity index (χ0v) is 33.6. The van der Waals surface area contributed by atoms with Gasteiger partial charge in [-0.2, -0.15) is 10.2 Å². The van der Waals surface area contributed by atoms with Crippen molar-refractivity contribution in [3.8, 4) is 29.0 Å². The maximum Gasteiger partial charge on any atom is 0.258 e. The third-order valence-corrected chi connectivity index (χ3v) is 11.3. The first-order valence-electron chi connectivity index (χ1n) is 20.1. The number of amides is 3. The average Bonchev–Trinajstić information content (AvgIpc) is 4.00. The van der Waals surface area contributed by atoms with Crippen molar-refractivity contribution in [3.05, 3.63) is 129 Å². The van der Waals surface area contributed by atoms with Crippen molar-refractivity contribution >= 4 is 35.1 Å². The van der Waals surface area contributed by atoms with Crippen molar-refractivity contribution in [1.29, 1.82) is 5.26 Å². The van der Waals surface area contributed by atoms with Crippen LogP contribution >= 0.6 is 11.6 Å². The molecule has 2 fully saturated rings. The second-order valence-corrected chi connectivity index (χ2v) is 15.5. The molecule has 1 aliphatic carbocycles. The van der Waals surface area contributed by atoms with E-state index >= 15 is 0 Å². The van der Waals surface area contributed by atoms with Gasteiger partial charge in [-0.1, -0.05) is 48.0 Å². The fourth-order valence-electron chi connectivity index (χ4n) is 7.83. The SMILES string of the molecule is N#Cc1cncc(COc2nc(O[C@H]3CCc4c(-c5cccc(C(=O)Nc6ccc(CNC[C@@H]7CCC(=O)N7)cn6)c5Cl)cccc43)ccc2CNC[C@@H]2CCC(=O)N2)c1. The van der Waals surface area contributed by atoms with Gasteiger partial charge in [0.25, 0.3) is 5.91 Å². The summed E-state index contributed by atoms with van der Waals surface area (Å²) >= 11 is 7.01. The standard InChI is InChI=1S/C45H44ClN9O5/c46-43-36(5-2-6-37(43)44(58)54-39-13-7-27(22-51-39)19-49-24-31-9-14-40(56)52-31)33-3-1-4-35-34(33)11-12-38(35)60-42-16-8-30(23-50-25-32-10-15-41(57)53-32)45(55-42)59-26-29-17-28(18-47)20-48-21-29/h1-8,13,16-17,20-22,31-32,38,49-50H,9-12,14-15,19,23-26H2,(H,52,56)(H,53,57)(H,51,54,58)/t31-,32-,38-/m0/s1. The molecular formula is C45H44ClN9O5. The highest BCUT2D eigenvalue weighted by Gasteiger charge is 2.29. The normalized spacial score (nSPS) is 18.0. The average molecular weight is 826 g/mol. The lowest BCUT2D eigenvalue weighted by Crippen LogP contribution is -2.35. The highest BCUT2D eigenvalue weighted by Crippen LogP contribution is 2.42. The van der Waals surface area contributed by atoms with Gasteiger partial charge >= 0.3 is 0 Å². The van der Waals surface area contributed by atoms with Crippen LogP contribution in [0, 0.1) is 11.3 Å². The number of hydrogen-bond donors (Lipinski definition) is 5. The Bertz CT molecular complexity index is 2440. The van der Waals surface area contributed by atoms with Crippen LogP contribution in [0.3, 0.4) is 0 Å². The lowest BCUT2D eigenvalue weighted by atomic mass is 9.95. The van der Waals surface area contributed by atoms with Gasteiger partial charge in [-0.15, -0.1) is 0 Å². The molecule has 15 heteroatoms. The van der Waals surface area contributed by atoms with Crippen molar-refractivity contribution in [2.45, 2.75) is 76.4 Å². The molecule has 5 heterocycles. The zero-order valence-electron chi connectivity index (χ0n) is 32.8. The number of nitrogens with zero attached hydrogens (tertiary/aromatic N) is 4. The van der Waals surface area contributed by atoms with E-state index in [1.807, 2.05) is 48.5 Å². The van der Waals surface area contributed by atoms with E-state index in [4.69, 9.17) is 26.1 Å². The summed E-state index contributed by atoms with van der Waals surface area (Å²) in [7, 11) is 0. The topological polar surface area (TPSA) is 192 Å². The molecule has 0 unspecified atom stereocenters. The van der Waals surface area contributed by atoms with Gasteiger partial charge in [-0.25, -0.2) is 4.98 Å². The molecule has 2 aliphatic heterocycles. The Hall–Kier alpha value is -6.40. The summed E-state index contributed by atoms with van der Waals surface area (Å²) in [4.78, 5) is 50.0. The van der Waals surface area contributed by atoms with Gasteiger partial charge in [-0.05, 0) is 72.2 Å². The number of aromatic nitrogens is 3. The van der Waals surface area contributed by atoms with Crippen LogP contribution in [-0.2, 0) is 35.7 Å². The summed E-state index contributed by atoms with van der Waals surface area (Å²) in [6.07, 6.45) is 8.74. The van der Waals surface area contributed by atoms with E-state index in [-0.39, 0.29) is 42.5 Å². The lowest BCUT2D eigenvalue weighted by Gasteiger charge is -2.18.